The molecule has 0 bridgehead atoms. The zero-order valence-electron chi connectivity index (χ0n) is 9.57. The smallest absolute Gasteiger partial charge is 0.122 e. The summed E-state index contributed by atoms with van der Waals surface area (Å²) in [7, 11) is 0. The number of fused-ring (bicyclic) bond motifs is 1. The first-order valence-electron chi connectivity index (χ1n) is 5.53. The lowest BCUT2D eigenvalue weighted by atomic mass is 10.2. The Morgan fingerprint density at radius 1 is 1.39 bits per heavy atom. The summed E-state index contributed by atoms with van der Waals surface area (Å²) in [5.74, 6) is 0.895. The molecule has 5 N–H and O–H groups in total. The number of H-pyrrole nitrogens is 2. The molecule has 0 unspecified atom stereocenters. The van der Waals surface area contributed by atoms with Crippen molar-refractivity contribution in [3.05, 3.63) is 47.8 Å². The average Bonchev–Trinajstić information content (AvgIpc) is 2.96. The number of hydrogen-bond donors (Lipinski definition) is 4. The quantitative estimate of drug-likeness (QED) is 0.407. The zero-order chi connectivity index (χ0) is 12.5. The number of aromatic nitrogens is 4. The first kappa shape index (κ1) is 10.5. The van der Waals surface area contributed by atoms with Crippen LogP contribution in [-0.2, 0) is 6.42 Å². The Labute approximate surface area is 103 Å². The Hall–Kier alpha value is -2.63. The third-order valence-corrected chi connectivity index (χ3v) is 2.75. The summed E-state index contributed by atoms with van der Waals surface area (Å²) in [4.78, 5) is 14.8. The van der Waals surface area contributed by atoms with Gasteiger partial charge in [0.2, 0.25) is 0 Å². The molecule has 0 atom stereocenters. The van der Waals surface area contributed by atoms with Crippen LogP contribution >= 0.6 is 0 Å². The molecule has 6 heteroatoms. The fourth-order valence-corrected chi connectivity index (χ4v) is 1.87. The molecule has 0 saturated carbocycles. The highest BCUT2D eigenvalue weighted by molar-refractivity contribution is 5.97. The average molecular weight is 240 g/mol. The van der Waals surface area contributed by atoms with Crippen LogP contribution in [0.5, 0.6) is 0 Å². The van der Waals surface area contributed by atoms with Crippen LogP contribution in [0.1, 0.15) is 17.1 Å². The Morgan fingerprint density at radius 2 is 2.28 bits per heavy atom. The van der Waals surface area contributed by atoms with E-state index in [0.29, 0.717) is 12.0 Å². The van der Waals surface area contributed by atoms with Crippen molar-refractivity contribution in [2.75, 3.05) is 0 Å². The van der Waals surface area contributed by atoms with Crippen molar-refractivity contribution in [2.45, 2.75) is 6.42 Å². The maximum atomic E-state index is 7.40. The molecule has 0 radical (unpaired) electrons. The number of rotatable bonds is 3. The topological polar surface area (TPSA) is 107 Å². The summed E-state index contributed by atoms with van der Waals surface area (Å²) < 4.78 is 0. The normalized spacial score (nSPS) is 10.9. The third kappa shape index (κ3) is 1.84. The summed E-state index contributed by atoms with van der Waals surface area (Å²) in [6.07, 6.45) is 4.13. The van der Waals surface area contributed by atoms with Crippen molar-refractivity contribution in [3.63, 3.8) is 0 Å². The summed E-state index contributed by atoms with van der Waals surface area (Å²) in [5, 5.41) is 7.40. The van der Waals surface area contributed by atoms with Gasteiger partial charge in [-0.15, -0.1) is 0 Å². The van der Waals surface area contributed by atoms with Gasteiger partial charge in [-0.2, -0.15) is 0 Å². The molecule has 2 heterocycles. The summed E-state index contributed by atoms with van der Waals surface area (Å²) in [5.41, 5.74) is 8.81. The van der Waals surface area contributed by atoms with Crippen LogP contribution in [-0.4, -0.2) is 25.8 Å². The lowest BCUT2D eigenvalue weighted by molar-refractivity contribution is 1.00. The van der Waals surface area contributed by atoms with Gasteiger partial charge in [0.25, 0.3) is 0 Å². The predicted molar refractivity (Wildman–Crippen MR) is 68.5 cm³/mol. The molecule has 0 aliphatic carbocycles. The molecule has 90 valence electrons. The first-order valence-corrected chi connectivity index (χ1v) is 5.53. The van der Waals surface area contributed by atoms with Gasteiger partial charge >= 0.3 is 0 Å². The van der Waals surface area contributed by atoms with E-state index in [0.717, 1.165) is 22.6 Å². The van der Waals surface area contributed by atoms with Crippen LogP contribution in [0.3, 0.4) is 0 Å². The van der Waals surface area contributed by atoms with Crippen LogP contribution in [0.4, 0.5) is 0 Å². The van der Waals surface area contributed by atoms with Crippen LogP contribution in [0.25, 0.3) is 11.0 Å². The Kier molecular flexibility index (Phi) is 2.33. The van der Waals surface area contributed by atoms with Crippen molar-refractivity contribution in [1.82, 2.24) is 19.9 Å². The molecule has 3 rings (SSSR count). The van der Waals surface area contributed by atoms with Gasteiger partial charge in [-0.1, -0.05) is 0 Å². The highest BCUT2D eigenvalue weighted by Gasteiger charge is 2.06. The maximum Gasteiger partial charge on any atom is 0.122 e. The first-order chi connectivity index (χ1) is 8.72. The van der Waals surface area contributed by atoms with Crippen LogP contribution in [0.2, 0.25) is 0 Å². The lowest BCUT2D eigenvalue weighted by Crippen LogP contribution is -2.10. The van der Waals surface area contributed by atoms with Gasteiger partial charge < -0.3 is 15.7 Å². The number of nitrogen functional groups attached to an aromatic ring is 1. The molecule has 6 nitrogen and oxygen atoms in total. The lowest BCUT2D eigenvalue weighted by Gasteiger charge is -1.95. The molecule has 1 aromatic carbocycles. The minimum atomic E-state index is 0.0498. The second-order valence-corrected chi connectivity index (χ2v) is 4.07. The number of hydrogen-bond acceptors (Lipinski definition) is 3. The van der Waals surface area contributed by atoms with E-state index in [1.165, 1.54) is 0 Å². The van der Waals surface area contributed by atoms with E-state index in [9.17, 15) is 0 Å². The Balaban J connectivity index is 1.98. The number of benzene rings is 1. The molecule has 0 aliphatic heterocycles. The van der Waals surface area contributed by atoms with E-state index in [-0.39, 0.29) is 5.84 Å². The minimum Gasteiger partial charge on any atom is -0.384 e. The van der Waals surface area contributed by atoms with Crippen molar-refractivity contribution >= 4 is 16.9 Å². The summed E-state index contributed by atoms with van der Waals surface area (Å²) >= 11 is 0. The molecule has 0 amide bonds. The SMILES string of the molecule is N=C(N)c1ccc2[nH]c(Cc3c[nH]cn3)nc2c1. The Morgan fingerprint density at radius 3 is 3.00 bits per heavy atom. The molecule has 0 fully saturated rings. The fraction of sp³-hybridized carbons (Fsp3) is 0.0833. The van der Waals surface area contributed by atoms with Gasteiger partial charge in [0.15, 0.2) is 0 Å². The van der Waals surface area contributed by atoms with E-state index in [1.54, 1.807) is 12.4 Å². The molecule has 0 aliphatic rings. The highest BCUT2D eigenvalue weighted by Crippen LogP contribution is 2.15. The van der Waals surface area contributed by atoms with Crippen LogP contribution in [0, 0.1) is 5.41 Å². The number of nitrogens with two attached hydrogens (primary N) is 1. The standard InChI is InChI=1S/C12H12N6/c13-12(14)7-1-2-9-10(3-7)18-11(17-9)4-8-5-15-6-16-8/h1-3,5-6H,4H2,(H3,13,14)(H,15,16)(H,17,18). The molecular weight excluding hydrogens is 228 g/mol. The molecular formula is C12H12N6. The number of nitrogens with one attached hydrogen (secondary N) is 3. The van der Waals surface area contributed by atoms with Crippen LogP contribution in [0.15, 0.2) is 30.7 Å². The largest absolute Gasteiger partial charge is 0.384 e. The number of aromatic amines is 2. The maximum absolute atomic E-state index is 7.40. The van der Waals surface area contributed by atoms with E-state index in [1.807, 2.05) is 18.3 Å². The molecule has 0 spiro atoms. The van der Waals surface area contributed by atoms with Gasteiger partial charge in [-0.05, 0) is 18.2 Å². The highest BCUT2D eigenvalue weighted by atomic mass is 14.9. The molecule has 18 heavy (non-hydrogen) atoms. The van der Waals surface area contributed by atoms with Gasteiger partial charge in [-0.3, -0.25) is 5.41 Å². The van der Waals surface area contributed by atoms with Gasteiger partial charge in [0, 0.05) is 18.2 Å². The fourth-order valence-electron chi connectivity index (χ4n) is 1.87. The molecule has 2 aromatic heterocycles. The molecule has 3 aromatic rings. The van der Waals surface area contributed by atoms with Crippen molar-refractivity contribution in [3.8, 4) is 0 Å². The summed E-state index contributed by atoms with van der Waals surface area (Å²) in [6, 6.07) is 5.50. The van der Waals surface area contributed by atoms with Crippen molar-refractivity contribution in [1.29, 1.82) is 5.41 Å². The van der Waals surface area contributed by atoms with E-state index >= 15 is 0 Å². The van der Waals surface area contributed by atoms with Gasteiger partial charge in [0.05, 0.1) is 23.1 Å². The van der Waals surface area contributed by atoms with Gasteiger partial charge in [0.1, 0.15) is 11.7 Å². The van der Waals surface area contributed by atoms with E-state index in [2.05, 4.69) is 19.9 Å². The van der Waals surface area contributed by atoms with Gasteiger partial charge in [-0.25, -0.2) is 9.97 Å². The van der Waals surface area contributed by atoms with Crippen LogP contribution < -0.4 is 5.73 Å². The number of nitrogens with zero attached hydrogens (tertiary/aromatic N) is 2. The zero-order valence-corrected chi connectivity index (χ0v) is 9.57. The number of imidazole rings is 2. The predicted octanol–water partition coefficient (Wildman–Crippen LogP) is 1.16. The van der Waals surface area contributed by atoms with E-state index < -0.39 is 0 Å². The molecule has 0 saturated heterocycles. The monoisotopic (exact) mass is 240 g/mol. The Bertz CT molecular complexity index is 695. The summed E-state index contributed by atoms with van der Waals surface area (Å²) in [6.45, 7) is 0. The second kappa shape index (κ2) is 3.99. The minimum absolute atomic E-state index is 0.0498. The van der Waals surface area contributed by atoms with Crippen molar-refractivity contribution in [2.24, 2.45) is 5.73 Å². The number of amidine groups is 1. The van der Waals surface area contributed by atoms with E-state index in [4.69, 9.17) is 11.1 Å². The third-order valence-electron chi connectivity index (χ3n) is 2.75. The second-order valence-electron chi connectivity index (χ2n) is 4.07. The van der Waals surface area contributed by atoms with Crippen molar-refractivity contribution < 1.29 is 0 Å².